The molecule has 0 radical (unpaired) electrons. The van der Waals surface area contributed by atoms with E-state index in [4.69, 9.17) is 9.47 Å². The molecule has 1 saturated heterocycles. The lowest BCUT2D eigenvalue weighted by Gasteiger charge is -2.21. The van der Waals surface area contributed by atoms with Gasteiger partial charge in [-0.3, -0.25) is 4.90 Å². The summed E-state index contributed by atoms with van der Waals surface area (Å²) < 4.78 is 11.2. The number of likely N-dealkylation sites (tertiary alicyclic amines) is 1. The lowest BCUT2D eigenvalue weighted by Crippen LogP contribution is -2.34. The molecular formula is C16H24N2O2. The monoisotopic (exact) mass is 276 g/mol. The first-order valence-electron chi connectivity index (χ1n) is 7.58. The van der Waals surface area contributed by atoms with Crippen LogP contribution in [0, 0.1) is 0 Å². The Bertz CT molecular complexity index is 462. The molecule has 0 bridgehead atoms. The minimum Gasteiger partial charge on any atom is -0.486 e. The van der Waals surface area contributed by atoms with Crippen molar-refractivity contribution in [2.75, 3.05) is 26.3 Å². The van der Waals surface area contributed by atoms with Crippen molar-refractivity contribution in [2.45, 2.75) is 38.9 Å². The van der Waals surface area contributed by atoms with Gasteiger partial charge in [0.2, 0.25) is 0 Å². The average Bonchev–Trinajstić information content (AvgIpc) is 2.94. The predicted molar refractivity (Wildman–Crippen MR) is 79.4 cm³/mol. The standard InChI is InChI=1S/C16H24N2O2/c1-12(2)18-6-5-14(11-18)17-10-13-3-4-15-16(9-13)20-8-7-19-15/h3-4,9,12,14,17H,5-8,10-11H2,1-2H3. The molecule has 1 unspecified atom stereocenters. The maximum absolute atomic E-state index is 5.62. The zero-order valence-corrected chi connectivity index (χ0v) is 12.4. The van der Waals surface area contributed by atoms with Crippen molar-refractivity contribution in [3.05, 3.63) is 23.8 Å². The molecule has 0 amide bonds. The SMILES string of the molecule is CC(C)N1CCC(NCc2ccc3c(c2)OCCO3)C1. The fraction of sp³-hybridized carbons (Fsp3) is 0.625. The Kier molecular flexibility index (Phi) is 4.13. The molecule has 0 spiro atoms. The topological polar surface area (TPSA) is 33.7 Å². The van der Waals surface area contributed by atoms with Gasteiger partial charge in [0.25, 0.3) is 0 Å². The van der Waals surface area contributed by atoms with Gasteiger partial charge in [-0.1, -0.05) is 6.07 Å². The zero-order valence-electron chi connectivity index (χ0n) is 12.4. The largest absolute Gasteiger partial charge is 0.486 e. The van der Waals surface area contributed by atoms with Crippen LogP contribution in [0.2, 0.25) is 0 Å². The lowest BCUT2D eigenvalue weighted by molar-refractivity contribution is 0.171. The molecule has 2 aliphatic heterocycles. The van der Waals surface area contributed by atoms with Crippen molar-refractivity contribution in [3.8, 4) is 11.5 Å². The van der Waals surface area contributed by atoms with E-state index in [-0.39, 0.29) is 0 Å². The van der Waals surface area contributed by atoms with Crippen LogP contribution in [0.5, 0.6) is 11.5 Å². The molecule has 1 aromatic carbocycles. The van der Waals surface area contributed by atoms with E-state index >= 15 is 0 Å². The van der Waals surface area contributed by atoms with Crippen LogP contribution in [0.3, 0.4) is 0 Å². The summed E-state index contributed by atoms with van der Waals surface area (Å²) in [6.45, 7) is 9.09. The summed E-state index contributed by atoms with van der Waals surface area (Å²) in [4.78, 5) is 2.53. The minimum absolute atomic E-state index is 0.602. The Hall–Kier alpha value is -1.26. The van der Waals surface area contributed by atoms with Crippen LogP contribution < -0.4 is 14.8 Å². The quantitative estimate of drug-likeness (QED) is 0.912. The van der Waals surface area contributed by atoms with E-state index in [1.807, 2.05) is 6.07 Å². The first kappa shape index (κ1) is 13.7. The number of ether oxygens (including phenoxy) is 2. The smallest absolute Gasteiger partial charge is 0.161 e. The van der Waals surface area contributed by atoms with Crippen LogP contribution >= 0.6 is 0 Å². The summed E-state index contributed by atoms with van der Waals surface area (Å²) >= 11 is 0. The van der Waals surface area contributed by atoms with E-state index in [2.05, 4.69) is 36.2 Å². The second-order valence-corrected chi connectivity index (χ2v) is 5.93. The van der Waals surface area contributed by atoms with Crippen LogP contribution in [0.1, 0.15) is 25.8 Å². The zero-order chi connectivity index (χ0) is 13.9. The maximum atomic E-state index is 5.62. The molecule has 0 saturated carbocycles. The molecule has 1 atom stereocenters. The summed E-state index contributed by atoms with van der Waals surface area (Å²) in [6.07, 6.45) is 1.24. The van der Waals surface area contributed by atoms with Crippen LogP contribution in [0.15, 0.2) is 18.2 Å². The van der Waals surface area contributed by atoms with Crippen LogP contribution in [0.4, 0.5) is 0 Å². The Morgan fingerprint density at radius 2 is 2.05 bits per heavy atom. The Labute approximate surface area is 121 Å². The van der Waals surface area contributed by atoms with E-state index in [1.165, 1.54) is 18.5 Å². The second-order valence-electron chi connectivity index (χ2n) is 5.93. The van der Waals surface area contributed by atoms with Crippen molar-refractivity contribution < 1.29 is 9.47 Å². The Balaban J connectivity index is 1.54. The van der Waals surface area contributed by atoms with Gasteiger partial charge in [0, 0.05) is 25.2 Å². The molecule has 4 heteroatoms. The van der Waals surface area contributed by atoms with Crippen molar-refractivity contribution in [1.82, 2.24) is 10.2 Å². The molecule has 2 aliphatic rings. The third kappa shape index (κ3) is 3.07. The highest BCUT2D eigenvalue weighted by atomic mass is 16.6. The van der Waals surface area contributed by atoms with Crippen LogP contribution in [-0.4, -0.2) is 43.3 Å². The van der Waals surface area contributed by atoms with E-state index in [9.17, 15) is 0 Å². The van der Waals surface area contributed by atoms with Gasteiger partial charge in [-0.2, -0.15) is 0 Å². The summed E-state index contributed by atoms with van der Waals surface area (Å²) in [7, 11) is 0. The number of hydrogen-bond donors (Lipinski definition) is 1. The molecule has 4 nitrogen and oxygen atoms in total. The summed E-state index contributed by atoms with van der Waals surface area (Å²) in [5.41, 5.74) is 1.26. The number of nitrogens with zero attached hydrogens (tertiary/aromatic N) is 1. The van der Waals surface area contributed by atoms with Gasteiger partial charge in [-0.25, -0.2) is 0 Å². The van der Waals surface area contributed by atoms with Crippen molar-refractivity contribution >= 4 is 0 Å². The second kappa shape index (κ2) is 6.02. The molecule has 2 heterocycles. The first-order valence-corrected chi connectivity index (χ1v) is 7.58. The van der Waals surface area contributed by atoms with Gasteiger partial charge >= 0.3 is 0 Å². The van der Waals surface area contributed by atoms with E-state index in [0.717, 1.165) is 24.6 Å². The third-order valence-corrected chi connectivity index (χ3v) is 4.15. The predicted octanol–water partition coefficient (Wildman–Crippen LogP) is 2.03. The van der Waals surface area contributed by atoms with Crippen LogP contribution in [-0.2, 0) is 6.54 Å². The molecule has 3 rings (SSSR count). The molecule has 20 heavy (non-hydrogen) atoms. The fourth-order valence-electron chi connectivity index (χ4n) is 2.88. The minimum atomic E-state index is 0.602. The summed E-state index contributed by atoms with van der Waals surface area (Å²) in [5, 5.41) is 3.65. The number of nitrogens with one attached hydrogen (secondary N) is 1. The number of benzene rings is 1. The molecular weight excluding hydrogens is 252 g/mol. The third-order valence-electron chi connectivity index (χ3n) is 4.15. The molecule has 0 aliphatic carbocycles. The van der Waals surface area contributed by atoms with Gasteiger partial charge in [-0.05, 0) is 44.5 Å². The van der Waals surface area contributed by atoms with E-state index in [1.54, 1.807) is 0 Å². The number of rotatable bonds is 4. The molecule has 0 aromatic heterocycles. The molecule has 1 fully saturated rings. The maximum Gasteiger partial charge on any atom is 0.161 e. The number of fused-ring (bicyclic) bond motifs is 1. The van der Waals surface area contributed by atoms with Crippen molar-refractivity contribution in [2.24, 2.45) is 0 Å². The molecule has 1 aromatic rings. The van der Waals surface area contributed by atoms with Gasteiger partial charge in [-0.15, -0.1) is 0 Å². The normalized spacial score (nSPS) is 22.4. The average molecular weight is 276 g/mol. The van der Waals surface area contributed by atoms with Gasteiger partial charge in [0.1, 0.15) is 13.2 Å². The summed E-state index contributed by atoms with van der Waals surface area (Å²) in [6, 6.07) is 7.48. The highest BCUT2D eigenvalue weighted by Crippen LogP contribution is 2.30. The van der Waals surface area contributed by atoms with Gasteiger partial charge in [0.05, 0.1) is 0 Å². The molecule has 1 N–H and O–H groups in total. The van der Waals surface area contributed by atoms with Crippen molar-refractivity contribution in [1.29, 1.82) is 0 Å². The Morgan fingerprint density at radius 3 is 2.80 bits per heavy atom. The summed E-state index contributed by atoms with van der Waals surface area (Å²) in [5.74, 6) is 1.75. The highest BCUT2D eigenvalue weighted by molar-refractivity contribution is 5.43. The van der Waals surface area contributed by atoms with Gasteiger partial charge in [0.15, 0.2) is 11.5 Å². The van der Waals surface area contributed by atoms with E-state index in [0.29, 0.717) is 25.3 Å². The van der Waals surface area contributed by atoms with Crippen LogP contribution in [0.25, 0.3) is 0 Å². The molecule has 110 valence electrons. The first-order chi connectivity index (χ1) is 9.72. The fourth-order valence-corrected chi connectivity index (χ4v) is 2.88. The van der Waals surface area contributed by atoms with Crippen molar-refractivity contribution in [3.63, 3.8) is 0 Å². The lowest BCUT2D eigenvalue weighted by atomic mass is 10.1. The highest BCUT2D eigenvalue weighted by Gasteiger charge is 2.23. The Morgan fingerprint density at radius 1 is 1.25 bits per heavy atom. The van der Waals surface area contributed by atoms with E-state index < -0.39 is 0 Å². The van der Waals surface area contributed by atoms with Gasteiger partial charge < -0.3 is 14.8 Å². The number of hydrogen-bond acceptors (Lipinski definition) is 4.